The summed E-state index contributed by atoms with van der Waals surface area (Å²) in [7, 11) is 0. The molecule has 0 amide bonds. The van der Waals surface area contributed by atoms with E-state index in [1.165, 1.54) is 11.1 Å². The smallest absolute Gasteiger partial charge is 0.0342 e. The zero-order valence-electron chi connectivity index (χ0n) is 13.4. The predicted molar refractivity (Wildman–Crippen MR) is 98.4 cm³/mol. The zero-order valence-corrected chi connectivity index (χ0v) is 14.1. The lowest BCUT2D eigenvalue weighted by Gasteiger charge is -2.34. The molecule has 1 fully saturated rings. The monoisotopic (exact) mass is 326 g/mol. The van der Waals surface area contributed by atoms with Gasteiger partial charge in [-0.05, 0) is 17.2 Å². The third-order valence-electron chi connectivity index (χ3n) is 4.21. The molecule has 0 aromatic heterocycles. The molecule has 1 saturated heterocycles. The largest absolute Gasteiger partial charge is 0.297 e. The average molecular weight is 327 g/mol. The Morgan fingerprint density at radius 2 is 1.39 bits per heavy atom. The van der Waals surface area contributed by atoms with Gasteiger partial charge in [0.15, 0.2) is 0 Å². The maximum Gasteiger partial charge on any atom is 0.0342 e. The van der Waals surface area contributed by atoms with Gasteiger partial charge in [-0.3, -0.25) is 9.80 Å². The molecular formula is C20H23ClN2. The Morgan fingerprint density at radius 1 is 0.826 bits per heavy atom. The fourth-order valence-electron chi connectivity index (χ4n) is 2.94. The molecule has 2 aromatic carbocycles. The molecule has 3 rings (SSSR count). The molecule has 0 bridgehead atoms. The molecule has 0 unspecified atom stereocenters. The number of piperazine rings is 1. The molecule has 0 radical (unpaired) electrons. The van der Waals surface area contributed by atoms with E-state index in [0.29, 0.717) is 0 Å². The van der Waals surface area contributed by atoms with Crippen LogP contribution in [-0.4, -0.2) is 42.5 Å². The van der Waals surface area contributed by atoms with Gasteiger partial charge >= 0.3 is 0 Å². The highest BCUT2D eigenvalue weighted by molar-refractivity contribution is 6.31. The minimum atomic E-state index is 0.843. The van der Waals surface area contributed by atoms with E-state index in [1.54, 1.807) is 0 Å². The van der Waals surface area contributed by atoms with Crippen molar-refractivity contribution < 1.29 is 0 Å². The van der Waals surface area contributed by atoms with Crippen LogP contribution in [0.5, 0.6) is 0 Å². The van der Waals surface area contributed by atoms with Crippen molar-refractivity contribution in [2.24, 2.45) is 0 Å². The van der Waals surface area contributed by atoms with Crippen LogP contribution in [-0.2, 0) is 6.54 Å². The third kappa shape index (κ3) is 5.21. The van der Waals surface area contributed by atoms with Crippen LogP contribution in [0.25, 0.3) is 6.08 Å². The summed E-state index contributed by atoms with van der Waals surface area (Å²) in [6, 6.07) is 21.0. The van der Waals surface area contributed by atoms with E-state index < -0.39 is 0 Å². The molecule has 0 aliphatic carbocycles. The molecule has 1 aliphatic heterocycles. The molecule has 120 valence electrons. The van der Waals surface area contributed by atoms with Crippen LogP contribution < -0.4 is 0 Å². The molecule has 3 heteroatoms. The summed E-state index contributed by atoms with van der Waals surface area (Å²) in [5, 5.41) is 0.910. The molecule has 0 spiro atoms. The molecule has 2 aromatic rings. The lowest BCUT2D eigenvalue weighted by atomic mass is 10.2. The lowest BCUT2D eigenvalue weighted by Crippen LogP contribution is -2.46. The summed E-state index contributed by atoms with van der Waals surface area (Å²) < 4.78 is 0. The Labute approximate surface area is 144 Å². The Bertz CT molecular complexity index is 617. The van der Waals surface area contributed by atoms with E-state index in [2.05, 4.69) is 58.3 Å². The Hall–Kier alpha value is -1.61. The first-order chi connectivity index (χ1) is 11.3. The normalized spacial score (nSPS) is 17.3. The van der Waals surface area contributed by atoms with Crippen molar-refractivity contribution >= 4 is 17.7 Å². The molecular weight excluding hydrogens is 304 g/mol. The van der Waals surface area contributed by atoms with Gasteiger partial charge in [-0.15, -0.1) is 0 Å². The Balaban J connectivity index is 1.46. The zero-order chi connectivity index (χ0) is 15.9. The minimum Gasteiger partial charge on any atom is -0.297 e. The van der Waals surface area contributed by atoms with E-state index in [1.807, 2.05) is 18.2 Å². The fourth-order valence-corrected chi connectivity index (χ4v) is 3.23. The van der Waals surface area contributed by atoms with E-state index in [-0.39, 0.29) is 0 Å². The Kier molecular flexibility index (Phi) is 5.87. The fraction of sp³-hybridized carbons (Fsp3) is 0.300. The van der Waals surface area contributed by atoms with Crippen LogP contribution in [0.3, 0.4) is 0 Å². The van der Waals surface area contributed by atoms with Gasteiger partial charge in [-0.1, -0.05) is 72.3 Å². The summed E-state index contributed by atoms with van der Waals surface area (Å²) in [5.74, 6) is 0. The molecule has 0 N–H and O–H groups in total. The van der Waals surface area contributed by atoms with Gasteiger partial charge in [-0.2, -0.15) is 0 Å². The van der Waals surface area contributed by atoms with Crippen molar-refractivity contribution in [3.63, 3.8) is 0 Å². The van der Waals surface area contributed by atoms with Crippen LogP contribution in [0.1, 0.15) is 11.1 Å². The van der Waals surface area contributed by atoms with Crippen LogP contribution in [0.15, 0.2) is 65.7 Å². The van der Waals surface area contributed by atoms with E-state index >= 15 is 0 Å². The van der Waals surface area contributed by atoms with E-state index in [4.69, 9.17) is 11.6 Å². The molecule has 0 saturated carbocycles. The molecule has 1 heterocycles. The van der Waals surface area contributed by atoms with Crippen molar-refractivity contribution in [2.45, 2.75) is 6.54 Å². The number of hydrogen-bond donors (Lipinski definition) is 0. The van der Waals surface area contributed by atoms with Crippen molar-refractivity contribution in [3.05, 3.63) is 76.8 Å². The van der Waals surface area contributed by atoms with Crippen molar-refractivity contribution in [1.29, 1.82) is 0 Å². The van der Waals surface area contributed by atoms with Crippen LogP contribution in [0.4, 0.5) is 0 Å². The number of halogens is 1. The van der Waals surface area contributed by atoms with Crippen LogP contribution >= 0.6 is 11.6 Å². The summed E-state index contributed by atoms with van der Waals surface area (Å²) in [5.41, 5.74) is 2.56. The predicted octanol–water partition coefficient (Wildman–Crippen LogP) is 4.08. The van der Waals surface area contributed by atoms with Crippen LogP contribution in [0, 0.1) is 0 Å². The van der Waals surface area contributed by atoms with Gasteiger partial charge in [0.25, 0.3) is 0 Å². The topological polar surface area (TPSA) is 6.48 Å². The van der Waals surface area contributed by atoms with Crippen molar-refractivity contribution in [3.8, 4) is 0 Å². The standard InChI is InChI=1S/C20H23ClN2/c21-20(15-18-7-3-1-4-8-18)17-23-13-11-22(12-14-23)16-19-9-5-2-6-10-19/h1-10,15H,11-14,16-17H2/b20-15-. The first kappa shape index (κ1) is 16.3. The Morgan fingerprint density at radius 3 is 2.04 bits per heavy atom. The molecule has 1 aliphatic rings. The highest BCUT2D eigenvalue weighted by Gasteiger charge is 2.17. The molecule has 23 heavy (non-hydrogen) atoms. The number of hydrogen-bond acceptors (Lipinski definition) is 2. The highest BCUT2D eigenvalue weighted by atomic mass is 35.5. The first-order valence-electron chi connectivity index (χ1n) is 8.19. The second-order valence-corrected chi connectivity index (χ2v) is 6.53. The maximum absolute atomic E-state index is 6.42. The van der Waals surface area contributed by atoms with Gasteiger partial charge in [0.1, 0.15) is 0 Å². The number of benzene rings is 2. The third-order valence-corrected chi connectivity index (χ3v) is 4.44. The first-order valence-corrected chi connectivity index (χ1v) is 8.57. The van der Waals surface area contributed by atoms with E-state index in [0.717, 1.165) is 44.3 Å². The van der Waals surface area contributed by atoms with Gasteiger partial charge in [0.05, 0.1) is 0 Å². The van der Waals surface area contributed by atoms with Gasteiger partial charge < -0.3 is 0 Å². The van der Waals surface area contributed by atoms with Crippen LogP contribution in [0.2, 0.25) is 0 Å². The van der Waals surface area contributed by atoms with Crippen molar-refractivity contribution in [2.75, 3.05) is 32.7 Å². The van der Waals surface area contributed by atoms with Gasteiger partial charge in [-0.25, -0.2) is 0 Å². The summed E-state index contributed by atoms with van der Waals surface area (Å²) in [6.45, 7) is 6.24. The summed E-state index contributed by atoms with van der Waals surface area (Å²) in [6.07, 6.45) is 2.07. The van der Waals surface area contributed by atoms with Gasteiger partial charge in [0.2, 0.25) is 0 Å². The second kappa shape index (κ2) is 8.30. The SMILES string of the molecule is Cl/C(=C\c1ccccc1)CN1CCN(Cc2ccccc2)CC1. The second-order valence-electron chi connectivity index (χ2n) is 6.04. The molecule has 2 nitrogen and oxygen atoms in total. The lowest BCUT2D eigenvalue weighted by molar-refractivity contribution is 0.136. The van der Waals surface area contributed by atoms with E-state index in [9.17, 15) is 0 Å². The highest BCUT2D eigenvalue weighted by Crippen LogP contribution is 2.14. The maximum atomic E-state index is 6.42. The quantitative estimate of drug-likeness (QED) is 0.816. The van der Waals surface area contributed by atoms with Crippen molar-refractivity contribution in [1.82, 2.24) is 9.80 Å². The number of rotatable bonds is 5. The summed E-state index contributed by atoms with van der Waals surface area (Å²) in [4.78, 5) is 4.95. The summed E-state index contributed by atoms with van der Waals surface area (Å²) >= 11 is 6.42. The molecule has 0 atom stereocenters. The van der Waals surface area contributed by atoms with Gasteiger partial charge in [0, 0.05) is 44.3 Å². The minimum absolute atomic E-state index is 0.843. The number of nitrogens with zero attached hydrogens (tertiary/aromatic N) is 2. The average Bonchev–Trinajstić information content (AvgIpc) is 2.58.